The van der Waals surface area contributed by atoms with E-state index >= 15 is 0 Å². The Labute approximate surface area is 192 Å². The minimum atomic E-state index is -0.833. The number of aliphatic carboxylic acids is 1. The third-order valence-corrected chi connectivity index (χ3v) is 3.98. The van der Waals surface area contributed by atoms with Gasteiger partial charge in [-0.2, -0.15) is 0 Å². The molecule has 0 fully saturated rings. The average Bonchev–Trinajstić information content (AvgIpc) is 2.71. The number of nitrogens with zero attached hydrogens (tertiary/aromatic N) is 2. The maximum absolute atomic E-state index is 9.97. The minimum absolute atomic E-state index is 0. The molecule has 0 saturated carbocycles. The van der Waals surface area contributed by atoms with E-state index in [2.05, 4.69) is 9.98 Å². The molecular weight excluding hydrogens is 443 g/mol. The molecule has 8 nitrogen and oxygen atoms in total. The number of aliphatic imine (C=N–C) groups is 2. The van der Waals surface area contributed by atoms with Crippen LogP contribution >= 0.6 is 0 Å². The Bertz CT molecular complexity index is 855. The van der Waals surface area contributed by atoms with Crippen LogP contribution in [-0.4, -0.2) is 60.0 Å². The molecular formula is C22H28MnN2O6+2. The normalized spacial score (nSPS) is 11.0. The molecule has 0 aliphatic carbocycles. The zero-order valence-electron chi connectivity index (χ0n) is 18.2. The van der Waals surface area contributed by atoms with Gasteiger partial charge in [0.25, 0.3) is 5.97 Å². The van der Waals surface area contributed by atoms with Crippen LogP contribution in [0.4, 0.5) is 0 Å². The topological polar surface area (TPSA) is 121 Å². The van der Waals surface area contributed by atoms with E-state index in [1.807, 2.05) is 13.8 Å². The van der Waals surface area contributed by atoms with Crippen LogP contribution in [0.1, 0.15) is 31.9 Å². The fourth-order valence-corrected chi connectivity index (χ4v) is 2.47. The van der Waals surface area contributed by atoms with Crippen molar-refractivity contribution in [2.45, 2.75) is 20.8 Å². The quantitative estimate of drug-likeness (QED) is 0.323. The summed E-state index contributed by atoms with van der Waals surface area (Å²) < 4.78 is 10.3. The van der Waals surface area contributed by atoms with E-state index in [0.717, 1.165) is 6.92 Å². The van der Waals surface area contributed by atoms with E-state index < -0.39 is 5.97 Å². The summed E-state index contributed by atoms with van der Waals surface area (Å²) in [6, 6.07) is 10.1. The molecule has 2 aromatic carbocycles. The summed E-state index contributed by atoms with van der Waals surface area (Å²) in [5, 5.41) is 27.4. The van der Waals surface area contributed by atoms with Crippen molar-refractivity contribution in [1.82, 2.24) is 0 Å². The Hall–Kier alpha value is -3.03. The molecule has 0 aliphatic heterocycles. The third-order valence-electron chi connectivity index (χ3n) is 3.98. The molecule has 0 saturated heterocycles. The van der Waals surface area contributed by atoms with E-state index in [4.69, 9.17) is 19.4 Å². The number of carbonyl (C=O) groups is 1. The molecule has 1 radical (unpaired) electrons. The molecule has 0 bridgehead atoms. The van der Waals surface area contributed by atoms with Crippen LogP contribution in [0.3, 0.4) is 0 Å². The van der Waals surface area contributed by atoms with Crippen molar-refractivity contribution in [1.29, 1.82) is 0 Å². The van der Waals surface area contributed by atoms with E-state index in [1.54, 1.807) is 50.6 Å². The number of carboxylic acid groups (broad SMARTS) is 1. The smallest absolute Gasteiger partial charge is 0.507 e. The van der Waals surface area contributed by atoms with Crippen LogP contribution in [0, 0.1) is 0 Å². The van der Waals surface area contributed by atoms with Gasteiger partial charge in [0, 0.05) is 29.5 Å². The molecule has 0 aromatic heterocycles. The predicted molar refractivity (Wildman–Crippen MR) is 117 cm³/mol. The van der Waals surface area contributed by atoms with Crippen molar-refractivity contribution in [3.05, 3.63) is 47.5 Å². The van der Waals surface area contributed by atoms with Gasteiger partial charge < -0.3 is 24.8 Å². The van der Waals surface area contributed by atoms with Gasteiger partial charge in [0.2, 0.25) is 0 Å². The summed E-state index contributed by atoms with van der Waals surface area (Å²) in [4.78, 5) is 17.9. The number of rotatable bonds is 7. The number of hydrogen-bond donors (Lipinski definition) is 3. The molecule has 31 heavy (non-hydrogen) atoms. The largest absolute Gasteiger partial charge is 2.00 e. The second-order valence-electron chi connectivity index (χ2n) is 6.22. The second-order valence-corrected chi connectivity index (χ2v) is 6.22. The van der Waals surface area contributed by atoms with Gasteiger partial charge in [-0.25, -0.2) is 0 Å². The summed E-state index contributed by atoms with van der Waals surface area (Å²) in [6.45, 7) is 5.67. The maximum Gasteiger partial charge on any atom is 2.00 e. The summed E-state index contributed by atoms with van der Waals surface area (Å²) >= 11 is 0. The number of aromatic hydroxyl groups is 2. The third kappa shape index (κ3) is 9.55. The van der Waals surface area contributed by atoms with Gasteiger partial charge in [0.05, 0.1) is 27.3 Å². The molecule has 0 spiro atoms. The number of phenolic OH excluding ortho intramolecular Hbond substituents is 2. The van der Waals surface area contributed by atoms with Gasteiger partial charge in [0.1, 0.15) is 23.0 Å². The number of phenols is 2. The summed E-state index contributed by atoms with van der Waals surface area (Å²) in [5.41, 5.74) is 2.68. The van der Waals surface area contributed by atoms with E-state index in [-0.39, 0.29) is 28.6 Å². The van der Waals surface area contributed by atoms with Gasteiger partial charge >= 0.3 is 17.1 Å². The van der Waals surface area contributed by atoms with Crippen molar-refractivity contribution in [3.8, 4) is 23.0 Å². The number of ether oxygens (including phenoxy) is 2. The molecule has 0 amide bonds. The van der Waals surface area contributed by atoms with E-state index in [9.17, 15) is 10.2 Å². The molecule has 167 valence electrons. The Morgan fingerprint density at radius 1 is 0.806 bits per heavy atom. The SMILES string of the molecule is CC(=O)O.COc1ccc(O)c(C(C)=NCCN=C(C)c2cc(OC)ccc2O)c1.[Mn+2]. The summed E-state index contributed by atoms with van der Waals surface area (Å²) in [7, 11) is 3.16. The number of benzene rings is 2. The molecule has 9 heteroatoms. The van der Waals surface area contributed by atoms with Gasteiger partial charge in [-0.05, 0) is 50.2 Å². The fraction of sp³-hybridized carbons (Fsp3) is 0.318. The van der Waals surface area contributed by atoms with Crippen LogP contribution in [0.15, 0.2) is 46.4 Å². The van der Waals surface area contributed by atoms with Crippen molar-refractivity contribution in [2.75, 3.05) is 27.3 Å². The first kappa shape index (κ1) is 28.0. The van der Waals surface area contributed by atoms with Crippen LogP contribution in [-0.2, 0) is 21.9 Å². The Kier molecular flexibility index (Phi) is 12.7. The summed E-state index contributed by atoms with van der Waals surface area (Å²) in [6.07, 6.45) is 0. The number of carboxylic acids is 1. The Morgan fingerprint density at radius 3 is 1.42 bits per heavy atom. The van der Waals surface area contributed by atoms with E-state index in [1.165, 1.54) is 0 Å². The molecule has 0 aliphatic rings. The van der Waals surface area contributed by atoms with Gasteiger partial charge in [0.15, 0.2) is 0 Å². The standard InChI is InChI=1S/C20H24N2O4.C2H4O2.Mn/c1-13(17-11-15(25-3)5-7-19(17)23)21-9-10-22-14(2)18-12-16(26-4)6-8-20(18)24;1-2(3)4;/h5-8,11-12,23-24H,9-10H2,1-4H3;1H3,(H,3,4);/q;;+2. The van der Waals surface area contributed by atoms with Gasteiger partial charge in [-0.15, -0.1) is 0 Å². The maximum atomic E-state index is 9.97. The van der Waals surface area contributed by atoms with Crippen LogP contribution in [0.5, 0.6) is 23.0 Å². The van der Waals surface area contributed by atoms with Crippen LogP contribution < -0.4 is 9.47 Å². The molecule has 0 atom stereocenters. The zero-order valence-corrected chi connectivity index (χ0v) is 19.4. The van der Waals surface area contributed by atoms with Crippen LogP contribution in [0.2, 0.25) is 0 Å². The first-order chi connectivity index (χ1) is 14.2. The Morgan fingerprint density at radius 2 is 1.13 bits per heavy atom. The second kappa shape index (κ2) is 14.1. The Balaban J connectivity index is 0.00000165. The zero-order chi connectivity index (χ0) is 22.7. The van der Waals surface area contributed by atoms with Gasteiger partial charge in [-0.3, -0.25) is 14.8 Å². The fourth-order valence-electron chi connectivity index (χ4n) is 2.47. The number of hydrogen-bond acceptors (Lipinski definition) is 7. The molecule has 3 N–H and O–H groups in total. The summed E-state index contributed by atoms with van der Waals surface area (Å²) in [5.74, 6) is 0.811. The first-order valence-electron chi connectivity index (χ1n) is 9.16. The monoisotopic (exact) mass is 471 g/mol. The van der Waals surface area contributed by atoms with E-state index in [0.29, 0.717) is 47.1 Å². The van der Waals surface area contributed by atoms with Crippen molar-refractivity contribution < 1.29 is 46.7 Å². The minimum Gasteiger partial charge on any atom is -0.507 e. The first-order valence-corrected chi connectivity index (χ1v) is 9.16. The van der Waals surface area contributed by atoms with Gasteiger partial charge in [-0.1, -0.05) is 0 Å². The van der Waals surface area contributed by atoms with Crippen molar-refractivity contribution in [2.24, 2.45) is 9.98 Å². The van der Waals surface area contributed by atoms with Crippen molar-refractivity contribution in [3.63, 3.8) is 0 Å². The average molecular weight is 471 g/mol. The molecule has 0 heterocycles. The number of methoxy groups -OCH3 is 2. The predicted octanol–water partition coefficient (Wildman–Crippen LogP) is 3.52. The molecule has 2 rings (SSSR count). The molecule has 0 unspecified atom stereocenters. The van der Waals surface area contributed by atoms with Crippen molar-refractivity contribution >= 4 is 17.4 Å². The molecule has 2 aromatic rings. The van der Waals surface area contributed by atoms with Crippen LogP contribution in [0.25, 0.3) is 0 Å².